The molecule has 0 aliphatic heterocycles. The summed E-state index contributed by atoms with van der Waals surface area (Å²) in [5.41, 5.74) is 5.29. The molecule has 0 bridgehead atoms. The van der Waals surface area contributed by atoms with Crippen molar-refractivity contribution >= 4 is 17.8 Å². The molecule has 9 nitrogen and oxygen atoms in total. The van der Waals surface area contributed by atoms with Crippen LogP contribution in [0.1, 0.15) is 6.92 Å². The molecule has 0 rings (SSSR count). The number of nitrogens with one attached hydrogen (secondary N) is 2. The van der Waals surface area contributed by atoms with Crippen molar-refractivity contribution in [1.82, 2.24) is 10.6 Å². The fourth-order valence-electron chi connectivity index (χ4n) is 0.935. The molecule has 2 amide bonds. The maximum atomic E-state index is 11.2. The van der Waals surface area contributed by atoms with Gasteiger partial charge in [0.1, 0.15) is 12.1 Å². The quantitative estimate of drug-likeness (QED) is 0.276. The van der Waals surface area contributed by atoms with E-state index in [-0.39, 0.29) is 0 Å². The molecule has 0 spiro atoms. The Labute approximate surface area is 103 Å². The zero-order valence-electron chi connectivity index (χ0n) is 9.79. The third kappa shape index (κ3) is 5.57. The Morgan fingerprint density at radius 2 is 1.89 bits per heavy atom. The minimum absolute atomic E-state index is 0.497. The Morgan fingerprint density at radius 1 is 1.33 bits per heavy atom. The third-order valence-corrected chi connectivity index (χ3v) is 2.06. The second kappa shape index (κ2) is 7.58. The Kier molecular flexibility index (Phi) is 6.86. The van der Waals surface area contributed by atoms with Gasteiger partial charge in [-0.05, 0) is 6.92 Å². The molecule has 0 fully saturated rings. The number of carbonyl (C=O) groups is 3. The Morgan fingerprint density at radius 3 is 2.28 bits per heavy atom. The summed E-state index contributed by atoms with van der Waals surface area (Å²) >= 11 is 0. The van der Waals surface area contributed by atoms with Gasteiger partial charge in [0, 0.05) is 0 Å². The number of rotatable bonds is 7. The summed E-state index contributed by atoms with van der Waals surface area (Å²) in [6.07, 6.45) is -1.07. The molecule has 18 heavy (non-hydrogen) atoms. The first-order chi connectivity index (χ1) is 8.29. The topological polar surface area (TPSA) is 162 Å². The van der Waals surface area contributed by atoms with Gasteiger partial charge in [0.15, 0.2) is 0 Å². The van der Waals surface area contributed by atoms with Gasteiger partial charge in [0.25, 0.3) is 0 Å². The van der Waals surface area contributed by atoms with Crippen LogP contribution >= 0.6 is 0 Å². The van der Waals surface area contributed by atoms with Crippen molar-refractivity contribution < 1.29 is 29.7 Å². The predicted molar refractivity (Wildman–Crippen MR) is 59.3 cm³/mol. The van der Waals surface area contributed by atoms with Crippen LogP contribution < -0.4 is 16.4 Å². The van der Waals surface area contributed by atoms with Gasteiger partial charge in [0.2, 0.25) is 11.8 Å². The van der Waals surface area contributed by atoms with E-state index in [1.807, 2.05) is 5.32 Å². The lowest BCUT2D eigenvalue weighted by molar-refractivity contribution is -0.142. The molecule has 0 aromatic carbocycles. The van der Waals surface area contributed by atoms with Crippen LogP contribution in [-0.4, -0.2) is 64.4 Å². The largest absolute Gasteiger partial charge is 0.480 e. The van der Waals surface area contributed by atoms with E-state index >= 15 is 0 Å². The van der Waals surface area contributed by atoms with Gasteiger partial charge in [-0.2, -0.15) is 0 Å². The molecular weight excluding hydrogens is 246 g/mol. The number of carboxylic acids is 1. The second-order valence-electron chi connectivity index (χ2n) is 3.63. The molecule has 0 aromatic heterocycles. The average molecular weight is 263 g/mol. The van der Waals surface area contributed by atoms with E-state index in [9.17, 15) is 14.4 Å². The lowest BCUT2D eigenvalue weighted by Gasteiger charge is -2.15. The van der Waals surface area contributed by atoms with E-state index in [1.54, 1.807) is 0 Å². The Balaban J connectivity index is 4.11. The molecule has 0 aliphatic rings. The summed E-state index contributed by atoms with van der Waals surface area (Å²) in [4.78, 5) is 32.9. The van der Waals surface area contributed by atoms with Crippen molar-refractivity contribution in [3.8, 4) is 0 Å². The third-order valence-electron chi connectivity index (χ3n) is 2.06. The summed E-state index contributed by atoms with van der Waals surface area (Å²) in [6, 6.07) is -2.61. The molecule has 3 unspecified atom stereocenters. The summed E-state index contributed by atoms with van der Waals surface area (Å²) in [5, 5.41) is 30.3. The minimum Gasteiger partial charge on any atom is -0.480 e. The molecule has 0 radical (unpaired) electrons. The highest BCUT2D eigenvalue weighted by Crippen LogP contribution is 1.88. The summed E-state index contributed by atoms with van der Waals surface area (Å²) in [5.74, 6) is -2.92. The number of carbonyl (C=O) groups excluding carboxylic acids is 2. The van der Waals surface area contributed by atoms with Crippen molar-refractivity contribution in [2.45, 2.75) is 25.1 Å². The van der Waals surface area contributed by atoms with Crippen LogP contribution in [0.5, 0.6) is 0 Å². The van der Waals surface area contributed by atoms with Gasteiger partial charge in [0.05, 0.1) is 19.3 Å². The minimum atomic E-state index is -1.43. The second-order valence-corrected chi connectivity index (χ2v) is 3.63. The zero-order valence-corrected chi connectivity index (χ0v) is 9.79. The normalized spacial score (nSPS) is 15.3. The van der Waals surface area contributed by atoms with Crippen LogP contribution in [0.3, 0.4) is 0 Å². The number of aliphatic carboxylic acids is 1. The predicted octanol–water partition coefficient (Wildman–Crippen LogP) is -3.63. The first-order valence-electron chi connectivity index (χ1n) is 5.14. The lowest BCUT2D eigenvalue weighted by atomic mass is 10.2. The first kappa shape index (κ1) is 16.3. The number of aliphatic hydroxyl groups excluding tert-OH is 2. The van der Waals surface area contributed by atoms with Crippen LogP contribution in [-0.2, 0) is 14.4 Å². The Bertz CT molecular complexity index is 319. The number of carboxylic acid groups (broad SMARTS) is 1. The van der Waals surface area contributed by atoms with Gasteiger partial charge in [-0.1, -0.05) is 0 Å². The fourth-order valence-corrected chi connectivity index (χ4v) is 0.935. The lowest BCUT2D eigenvalue weighted by Crippen LogP contribution is -2.51. The van der Waals surface area contributed by atoms with E-state index in [0.717, 1.165) is 0 Å². The van der Waals surface area contributed by atoms with Crippen LogP contribution in [0.25, 0.3) is 0 Å². The number of hydrogen-bond acceptors (Lipinski definition) is 6. The van der Waals surface area contributed by atoms with Crippen LogP contribution in [0.15, 0.2) is 0 Å². The molecular formula is C9H17N3O6. The summed E-state index contributed by atoms with van der Waals surface area (Å²) < 4.78 is 0. The van der Waals surface area contributed by atoms with Crippen LogP contribution in [0, 0.1) is 0 Å². The van der Waals surface area contributed by atoms with Gasteiger partial charge in [-0.25, -0.2) is 4.79 Å². The van der Waals surface area contributed by atoms with E-state index < -0.39 is 49.1 Å². The van der Waals surface area contributed by atoms with Gasteiger partial charge in [-0.15, -0.1) is 0 Å². The molecule has 104 valence electrons. The fraction of sp³-hybridized carbons (Fsp3) is 0.667. The highest BCUT2D eigenvalue weighted by atomic mass is 16.4. The molecule has 0 aliphatic carbocycles. The van der Waals surface area contributed by atoms with E-state index in [4.69, 9.17) is 21.1 Å². The van der Waals surface area contributed by atoms with Gasteiger partial charge in [-0.3, -0.25) is 9.59 Å². The molecule has 0 saturated heterocycles. The number of nitrogens with two attached hydrogens (primary N) is 1. The van der Waals surface area contributed by atoms with Gasteiger partial charge >= 0.3 is 5.97 Å². The highest BCUT2D eigenvalue weighted by Gasteiger charge is 2.21. The molecule has 7 N–H and O–H groups in total. The number of amides is 2. The van der Waals surface area contributed by atoms with E-state index in [1.165, 1.54) is 6.92 Å². The molecule has 3 atom stereocenters. The highest BCUT2D eigenvalue weighted by molar-refractivity contribution is 5.89. The van der Waals surface area contributed by atoms with Crippen LogP contribution in [0.2, 0.25) is 0 Å². The number of aliphatic hydroxyl groups is 2. The standard InChI is InChI=1S/C9H17N3O6/c1-4(14)7(10)8(16)11-2-6(15)12-5(3-13)9(17)18/h4-5,7,13-14H,2-3,10H2,1H3,(H,11,16)(H,12,15)(H,17,18). The van der Waals surface area contributed by atoms with E-state index in [2.05, 4.69) is 5.32 Å². The van der Waals surface area contributed by atoms with Crippen molar-refractivity contribution in [2.75, 3.05) is 13.2 Å². The molecule has 0 saturated carbocycles. The Hall–Kier alpha value is -1.71. The van der Waals surface area contributed by atoms with Gasteiger partial charge < -0.3 is 31.7 Å². The number of hydrogen-bond donors (Lipinski definition) is 6. The smallest absolute Gasteiger partial charge is 0.328 e. The van der Waals surface area contributed by atoms with Crippen molar-refractivity contribution in [2.24, 2.45) is 5.73 Å². The van der Waals surface area contributed by atoms with Crippen LogP contribution in [0.4, 0.5) is 0 Å². The first-order valence-corrected chi connectivity index (χ1v) is 5.14. The molecule has 0 heterocycles. The SMILES string of the molecule is CC(O)C(N)C(=O)NCC(=O)NC(CO)C(=O)O. The van der Waals surface area contributed by atoms with Crippen molar-refractivity contribution in [1.29, 1.82) is 0 Å². The molecule has 9 heteroatoms. The zero-order chi connectivity index (χ0) is 14.3. The summed E-state index contributed by atoms with van der Waals surface area (Å²) in [6.45, 7) is 0.0573. The van der Waals surface area contributed by atoms with E-state index in [0.29, 0.717) is 0 Å². The molecule has 0 aromatic rings. The summed E-state index contributed by atoms with van der Waals surface area (Å²) in [7, 11) is 0. The maximum absolute atomic E-state index is 11.2. The van der Waals surface area contributed by atoms with Crippen molar-refractivity contribution in [3.63, 3.8) is 0 Å². The maximum Gasteiger partial charge on any atom is 0.328 e. The monoisotopic (exact) mass is 263 g/mol. The van der Waals surface area contributed by atoms with Crippen molar-refractivity contribution in [3.05, 3.63) is 0 Å². The average Bonchev–Trinajstić information content (AvgIpc) is 2.31.